The van der Waals surface area contributed by atoms with Crippen LogP contribution in [0.4, 0.5) is 11.5 Å². The number of para-hydroxylation sites is 1. The van der Waals surface area contributed by atoms with Crippen LogP contribution < -0.4 is 10.2 Å². The number of aromatic nitrogens is 2. The van der Waals surface area contributed by atoms with Gasteiger partial charge in [0.1, 0.15) is 17.8 Å². The van der Waals surface area contributed by atoms with E-state index in [9.17, 15) is 4.79 Å². The van der Waals surface area contributed by atoms with E-state index in [2.05, 4.69) is 33.2 Å². The Balaban J connectivity index is 1.42. The number of fused-ring (bicyclic) bond motifs is 1. The third-order valence-electron chi connectivity index (χ3n) is 5.15. The molecule has 7 nitrogen and oxygen atoms in total. The average molecular weight is 367 g/mol. The van der Waals surface area contributed by atoms with E-state index in [1.165, 1.54) is 11.9 Å². The first-order valence-corrected chi connectivity index (χ1v) is 9.50. The second kappa shape index (κ2) is 8.02. The molecule has 142 valence electrons. The molecule has 2 aliphatic rings. The molecular formula is C20H25N5O2. The van der Waals surface area contributed by atoms with Crippen molar-refractivity contribution in [3.63, 3.8) is 0 Å². The number of nitrogens with one attached hydrogen (secondary N) is 1. The van der Waals surface area contributed by atoms with E-state index in [0.717, 1.165) is 51.5 Å². The lowest BCUT2D eigenvalue weighted by Gasteiger charge is -2.26. The largest absolute Gasteiger partial charge is 0.379 e. The molecule has 0 radical (unpaired) electrons. The van der Waals surface area contributed by atoms with Crippen molar-refractivity contribution in [3.05, 3.63) is 47.9 Å². The summed E-state index contributed by atoms with van der Waals surface area (Å²) in [5.41, 5.74) is 2.61. The minimum absolute atomic E-state index is 0.0777. The fourth-order valence-corrected chi connectivity index (χ4v) is 3.74. The van der Waals surface area contributed by atoms with Crippen molar-refractivity contribution in [3.8, 4) is 0 Å². The summed E-state index contributed by atoms with van der Waals surface area (Å²) < 4.78 is 5.36. The smallest absolute Gasteiger partial charge is 0.277 e. The van der Waals surface area contributed by atoms with Gasteiger partial charge in [0, 0.05) is 44.0 Å². The van der Waals surface area contributed by atoms with Crippen molar-refractivity contribution in [1.82, 2.24) is 14.9 Å². The molecule has 2 aliphatic heterocycles. The van der Waals surface area contributed by atoms with Gasteiger partial charge >= 0.3 is 0 Å². The number of rotatable bonds is 5. The Morgan fingerprint density at radius 3 is 2.93 bits per heavy atom. The number of amides is 1. The molecule has 1 atom stereocenters. The SMILES string of the molecule is CC1Cc2ccccc2N1C(=O)c1cc(NCCN2CCOCC2)ncn1. The third-order valence-corrected chi connectivity index (χ3v) is 5.15. The highest BCUT2D eigenvalue weighted by Crippen LogP contribution is 2.32. The lowest BCUT2D eigenvalue weighted by Crippen LogP contribution is -2.39. The lowest BCUT2D eigenvalue weighted by atomic mass is 10.1. The number of hydrogen-bond donors (Lipinski definition) is 1. The molecule has 7 heteroatoms. The molecule has 1 saturated heterocycles. The second-order valence-electron chi connectivity index (χ2n) is 7.03. The van der Waals surface area contributed by atoms with Crippen LogP contribution in [0.25, 0.3) is 0 Å². The highest BCUT2D eigenvalue weighted by Gasteiger charge is 2.31. The normalized spacial score (nSPS) is 19.7. The van der Waals surface area contributed by atoms with Crippen LogP contribution in [-0.2, 0) is 11.2 Å². The molecule has 4 rings (SSSR count). The monoisotopic (exact) mass is 367 g/mol. The first-order valence-electron chi connectivity index (χ1n) is 9.50. The molecule has 27 heavy (non-hydrogen) atoms. The molecule has 1 aromatic carbocycles. The van der Waals surface area contributed by atoms with E-state index in [-0.39, 0.29) is 11.9 Å². The van der Waals surface area contributed by atoms with Crippen LogP contribution in [0, 0.1) is 0 Å². The summed E-state index contributed by atoms with van der Waals surface area (Å²) in [6.45, 7) is 7.27. The maximum atomic E-state index is 13.1. The number of hydrogen-bond acceptors (Lipinski definition) is 6. The molecule has 1 unspecified atom stereocenters. The fourth-order valence-electron chi connectivity index (χ4n) is 3.74. The molecule has 0 bridgehead atoms. The van der Waals surface area contributed by atoms with Crippen LogP contribution in [0.15, 0.2) is 36.7 Å². The maximum absolute atomic E-state index is 13.1. The van der Waals surface area contributed by atoms with Crippen LogP contribution in [0.3, 0.4) is 0 Å². The number of ether oxygens (including phenoxy) is 1. The zero-order valence-corrected chi connectivity index (χ0v) is 15.6. The van der Waals surface area contributed by atoms with Crippen LogP contribution in [-0.4, -0.2) is 66.2 Å². The van der Waals surface area contributed by atoms with Gasteiger partial charge in [-0.1, -0.05) is 18.2 Å². The van der Waals surface area contributed by atoms with E-state index in [1.807, 2.05) is 23.1 Å². The van der Waals surface area contributed by atoms with E-state index in [4.69, 9.17) is 4.74 Å². The molecule has 0 saturated carbocycles. The van der Waals surface area contributed by atoms with E-state index in [0.29, 0.717) is 11.5 Å². The Bertz CT molecular complexity index is 806. The zero-order chi connectivity index (χ0) is 18.6. The molecule has 1 fully saturated rings. The summed E-state index contributed by atoms with van der Waals surface area (Å²) in [6.07, 6.45) is 2.33. The van der Waals surface area contributed by atoms with Crippen LogP contribution in [0.5, 0.6) is 0 Å². The van der Waals surface area contributed by atoms with Gasteiger partial charge < -0.3 is 15.0 Å². The van der Waals surface area contributed by atoms with Crippen LogP contribution in [0.1, 0.15) is 23.0 Å². The van der Waals surface area contributed by atoms with Gasteiger partial charge in [-0.25, -0.2) is 9.97 Å². The number of carbonyl (C=O) groups is 1. The van der Waals surface area contributed by atoms with Gasteiger partial charge in [-0.05, 0) is 25.0 Å². The van der Waals surface area contributed by atoms with Gasteiger partial charge in [-0.15, -0.1) is 0 Å². The van der Waals surface area contributed by atoms with Gasteiger partial charge in [0.05, 0.1) is 13.2 Å². The summed E-state index contributed by atoms with van der Waals surface area (Å²) in [5, 5.41) is 3.30. The highest BCUT2D eigenvalue weighted by atomic mass is 16.5. The van der Waals surface area contributed by atoms with E-state index < -0.39 is 0 Å². The first kappa shape index (κ1) is 17.9. The minimum atomic E-state index is -0.0777. The van der Waals surface area contributed by atoms with Crippen molar-refractivity contribution >= 4 is 17.4 Å². The maximum Gasteiger partial charge on any atom is 0.277 e. The molecule has 0 spiro atoms. The third kappa shape index (κ3) is 3.94. The quantitative estimate of drug-likeness (QED) is 0.869. The lowest BCUT2D eigenvalue weighted by molar-refractivity contribution is 0.0398. The molecular weight excluding hydrogens is 342 g/mol. The van der Waals surface area contributed by atoms with Gasteiger partial charge in [0.2, 0.25) is 0 Å². The van der Waals surface area contributed by atoms with Crippen LogP contribution >= 0.6 is 0 Å². The number of benzene rings is 1. The molecule has 1 N–H and O–H groups in total. The van der Waals surface area contributed by atoms with E-state index in [1.54, 1.807) is 6.07 Å². The number of carbonyl (C=O) groups excluding carboxylic acids is 1. The Hall–Kier alpha value is -2.51. The number of nitrogens with zero attached hydrogens (tertiary/aromatic N) is 4. The molecule has 3 heterocycles. The Labute approximate surface area is 159 Å². The molecule has 1 amide bonds. The molecule has 1 aromatic heterocycles. The first-order chi connectivity index (χ1) is 13.2. The fraction of sp³-hybridized carbons (Fsp3) is 0.450. The second-order valence-corrected chi connectivity index (χ2v) is 7.03. The summed E-state index contributed by atoms with van der Waals surface area (Å²) in [4.78, 5) is 25.8. The highest BCUT2D eigenvalue weighted by molar-refractivity contribution is 6.06. The Morgan fingerprint density at radius 2 is 2.07 bits per heavy atom. The number of anilines is 2. The summed E-state index contributed by atoms with van der Waals surface area (Å²) in [6, 6.07) is 9.94. The molecule has 2 aromatic rings. The van der Waals surface area contributed by atoms with Gasteiger partial charge in [-0.2, -0.15) is 0 Å². The van der Waals surface area contributed by atoms with Crippen molar-refractivity contribution in [2.24, 2.45) is 0 Å². The minimum Gasteiger partial charge on any atom is -0.379 e. The summed E-state index contributed by atoms with van der Waals surface area (Å²) in [5.74, 6) is 0.604. The standard InChI is InChI=1S/C20H25N5O2/c1-15-12-16-4-2-3-5-18(16)25(15)20(26)17-13-19(23-14-22-17)21-6-7-24-8-10-27-11-9-24/h2-5,13-15H,6-12H2,1H3,(H,21,22,23). The average Bonchev–Trinajstić information content (AvgIpc) is 3.04. The van der Waals surface area contributed by atoms with Gasteiger partial charge in [-0.3, -0.25) is 9.69 Å². The van der Waals surface area contributed by atoms with Crippen molar-refractivity contribution in [2.75, 3.05) is 49.6 Å². The van der Waals surface area contributed by atoms with Crippen molar-refractivity contribution in [1.29, 1.82) is 0 Å². The number of morpholine rings is 1. The Kier molecular flexibility index (Phi) is 5.31. The Morgan fingerprint density at radius 1 is 1.26 bits per heavy atom. The van der Waals surface area contributed by atoms with Crippen molar-refractivity contribution < 1.29 is 9.53 Å². The van der Waals surface area contributed by atoms with E-state index >= 15 is 0 Å². The predicted octanol–water partition coefficient (Wildman–Crippen LogP) is 1.81. The molecule has 0 aliphatic carbocycles. The topological polar surface area (TPSA) is 70.6 Å². The predicted molar refractivity (Wildman–Crippen MR) is 104 cm³/mol. The van der Waals surface area contributed by atoms with Gasteiger partial charge in [0.25, 0.3) is 5.91 Å². The zero-order valence-electron chi connectivity index (χ0n) is 15.6. The summed E-state index contributed by atoms with van der Waals surface area (Å²) >= 11 is 0. The van der Waals surface area contributed by atoms with Crippen molar-refractivity contribution in [2.45, 2.75) is 19.4 Å². The van der Waals surface area contributed by atoms with Crippen LogP contribution in [0.2, 0.25) is 0 Å². The van der Waals surface area contributed by atoms with Gasteiger partial charge in [0.15, 0.2) is 0 Å². The summed E-state index contributed by atoms with van der Waals surface area (Å²) in [7, 11) is 0.